The summed E-state index contributed by atoms with van der Waals surface area (Å²) in [5.41, 5.74) is 1.06. The van der Waals surface area contributed by atoms with Gasteiger partial charge in [-0.25, -0.2) is 4.58 Å². The van der Waals surface area contributed by atoms with Gasteiger partial charge in [0.15, 0.2) is 6.20 Å². The Morgan fingerprint density at radius 1 is 1.54 bits per heavy atom. The van der Waals surface area contributed by atoms with E-state index < -0.39 is 5.97 Å². The van der Waals surface area contributed by atoms with E-state index in [-0.39, 0.29) is 6.42 Å². The summed E-state index contributed by atoms with van der Waals surface area (Å²) in [5.74, 6) is -0.758. The van der Waals surface area contributed by atoms with Crippen LogP contribution in [0.15, 0.2) is 23.9 Å². The van der Waals surface area contributed by atoms with E-state index in [2.05, 4.69) is 6.72 Å². The first kappa shape index (κ1) is 11.6. The lowest BCUT2D eigenvalue weighted by Gasteiger charge is -1.94. The van der Waals surface area contributed by atoms with Gasteiger partial charge in [-0.05, 0) is 13.3 Å². The minimum absolute atomic E-state index is 0.191. The molecular formula is C10H16NO2+. The molecule has 0 amide bonds. The Balaban J connectivity index is 3.88. The zero-order valence-electron chi connectivity index (χ0n) is 8.16. The third kappa shape index (κ3) is 8.53. The van der Waals surface area contributed by atoms with E-state index in [0.29, 0.717) is 6.42 Å². The molecule has 0 spiro atoms. The van der Waals surface area contributed by atoms with Crippen molar-refractivity contribution < 1.29 is 14.5 Å². The number of nitrogens with zero attached hydrogens (tertiary/aromatic N) is 1. The quantitative estimate of drug-likeness (QED) is 0.399. The maximum atomic E-state index is 10.2. The van der Waals surface area contributed by atoms with Crippen LogP contribution >= 0.6 is 0 Å². The van der Waals surface area contributed by atoms with Crippen molar-refractivity contribution in [3.63, 3.8) is 0 Å². The van der Waals surface area contributed by atoms with Crippen molar-refractivity contribution >= 4 is 12.7 Å². The molecule has 1 N–H and O–H groups in total. The highest BCUT2D eigenvalue weighted by molar-refractivity contribution is 5.67. The van der Waals surface area contributed by atoms with Crippen LogP contribution < -0.4 is 0 Å². The van der Waals surface area contributed by atoms with E-state index in [1.54, 1.807) is 4.58 Å². The molecule has 0 unspecified atom stereocenters. The Morgan fingerprint density at radius 3 is 2.62 bits per heavy atom. The zero-order chi connectivity index (χ0) is 10.3. The molecule has 0 aliphatic rings. The summed E-state index contributed by atoms with van der Waals surface area (Å²) in [6, 6.07) is 0. The number of hydrogen-bond acceptors (Lipinski definition) is 1. The van der Waals surface area contributed by atoms with Crippen molar-refractivity contribution in [1.29, 1.82) is 0 Å². The molecule has 0 saturated heterocycles. The largest absolute Gasteiger partial charge is 0.481 e. The highest BCUT2D eigenvalue weighted by Crippen LogP contribution is 2.03. The van der Waals surface area contributed by atoms with Crippen LogP contribution in [-0.4, -0.2) is 29.4 Å². The first-order valence-electron chi connectivity index (χ1n) is 4.11. The Labute approximate surface area is 78.7 Å². The average molecular weight is 182 g/mol. The molecule has 0 fully saturated rings. The molecule has 0 heterocycles. The monoisotopic (exact) mass is 182 g/mol. The van der Waals surface area contributed by atoms with Gasteiger partial charge < -0.3 is 5.11 Å². The lowest BCUT2D eigenvalue weighted by Crippen LogP contribution is -1.94. The number of carbonyl (C=O) groups is 1. The summed E-state index contributed by atoms with van der Waals surface area (Å²) in [6.45, 7) is 5.55. The van der Waals surface area contributed by atoms with Crippen LogP contribution in [0.4, 0.5) is 0 Å². The SMILES string of the molecule is C=[N+](C)C=CC=C(C)CCC(=O)O. The zero-order valence-corrected chi connectivity index (χ0v) is 8.16. The van der Waals surface area contributed by atoms with Crippen molar-refractivity contribution in [2.75, 3.05) is 7.05 Å². The van der Waals surface area contributed by atoms with Gasteiger partial charge >= 0.3 is 5.97 Å². The average Bonchev–Trinajstić information content (AvgIpc) is 2.00. The fourth-order valence-electron chi connectivity index (χ4n) is 0.742. The van der Waals surface area contributed by atoms with Gasteiger partial charge in [0.2, 0.25) is 0 Å². The smallest absolute Gasteiger partial charge is 0.303 e. The first-order valence-corrected chi connectivity index (χ1v) is 4.11. The fraction of sp³-hybridized carbons (Fsp3) is 0.400. The minimum Gasteiger partial charge on any atom is -0.481 e. The lowest BCUT2D eigenvalue weighted by atomic mass is 10.1. The van der Waals surface area contributed by atoms with E-state index in [1.165, 1.54) is 0 Å². The maximum Gasteiger partial charge on any atom is 0.303 e. The molecule has 0 aliphatic carbocycles. The molecule has 0 aromatic rings. The van der Waals surface area contributed by atoms with Gasteiger partial charge in [-0.1, -0.05) is 11.6 Å². The standard InChI is InChI=1S/C10H15NO2/c1-9(6-7-10(12)13)5-4-8-11(2)3/h4-5,8H,2,6-7H2,1,3H3/p+1. The van der Waals surface area contributed by atoms with Crippen molar-refractivity contribution in [3.05, 3.63) is 23.9 Å². The Kier molecular flexibility index (Phi) is 5.52. The molecule has 0 aromatic heterocycles. The number of carboxylic acid groups (broad SMARTS) is 1. The van der Waals surface area contributed by atoms with Crippen LogP contribution in [0.2, 0.25) is 0 Å². The van der Waals surface area contributed by atoms with E-state index in [0.717, 1.165) is 5.57 Å². The number of allylic oxidation sites excluding steroid dienone is 3. The number of carboxylic acids is 1. The number of hydrogen-bond donors (Lipinski definition) is 1. The molecule has 0 aromatic carbocycles. The van der Waals surface area contributed by atoms with Gasteiger partial charge in [0.25, 0.3) is 0 Å². The predicted molar refractivity (Wildman–Crippen MR) is 53.1 cm³/mol. The molecule has 3 nitrogen and oxygen atoms in total. The maximum absolute atomic E-state index is 10.2. The molecule has 0 aliphatic heterocycles. The van der Waals surface area contributed by atoms with Gasteiger partial charge in [0, 0.05) is 12.5 Å². The summed E-state index contributed by atoms with van der Waals surface area (Å²) in [4.78, 5) is 10.2. The highest BCUT2D eigenvalue weighted by Gasteiger charge is 1.96. The van der Waals surface area contributed by atoms with E-state index in [9.17, 15) is 4.79 Å². The van der Waals surface area contributed by atoms with Crippen molar-refractivity contribution in [3.8, 4) is 0 Å². The second kappa shape index (κ2) is 6.17. The second-order valence-electron chi connectivity index (χ2n) is 3.01. The van der Waals surface area contributed by atoms with Crippen LogP contribution in [-0.2, 0) is 4.79 Å². The summed E-state index contributed by atoms with van der Waals surface area (Å²) in [6.07, 6.45) is 6.34. The Hall–Kier alpha value is -1.38. The summed E-state index contributed by atoms with van der Waals surface area (Å²) >= 11 is 0. The number of rotatable bonds is 5. The van der Waals surface area contributed by atoms with Crippen molar-refractivity contribution in [2.45, 2.75) is 19.8 Å². The number of aliphatic carboxylic acids is 1. The molecule has 3 heteroatoms. The third-order valence-corrected chi connectivity index (χ3v) is 1.45. The van der Waals surface area contributed by atoms with Crippen LogP contribution in [0, 0.1) is 0 Å². The van der Waals surface area contributed by atoms with E-state index in [4.69, 9.17) is 5.11 Å². The third-order valence-electron chi connectivity index (χ3n) is 1.45. The Bertz CT molecular complexity index is 252. The van der Waals surface area contributed by atoms with Crippen LogP contribution in [0.5, 0.6) is 0 Å². The van der Waals surface area contributed by atoms with Crippen molar-refractivity contribution in [2.24, 2.45) is 0 Å². The summed E-state index contributed by atoms with van der Waals surface area (Å²) < 4.78 is 1.68. The summed E-state index contributed by atoms with van der Waals surface area (Å²) in [7, 11) is 1.83. The topological polar surface area (TPSA) is 40.3 Å². The minimum atomic E-state index is -0.758. The van der Waals surface area contributed by atoms with Gasteiger partial charge in [-0.2, -0.15) is 0 Å². The molecule has 0 bridgehead atoms. The van der Waals surface area contributed by atoms with Gasteiger partial charge in [0.05, 0.1) is 0 Å². The van der Waals surface area contributed by atoms with Crippen molar-refractivity contribution in [1.82, 2.24) is 0 Å². The van der Waals surface area contributed by atoms with Crippen LogP contribution in [0.25, 0.3) is 0 Å². The van der Waals surface area contributed by atoms with Gasteiger partial charge in [0.1, 0.15) is 13.8 Å². The van der Waals surface area contributed by atoms with Crippen LogP contribution in [0.3, 0.4) is 0 Å². The van der Waals surface area contributed by atoms with Gasteiger partial charge in [-0.15, -0.1) is 0 Å². The highest BCUT2D eigenvalue weighted by atomic mass is 16.4. The summed E-state index contributed by atoms with van der Waals surface area (Å²) in [5, 5.41) is 8.41. The predicted octanol–water partition coefficient (Wildman–Crippen LogP) is 1.65. The molecular weight excluding hydrogens is 166 g/mol. The molecule has 0 rings (SSSR count). The van der Waals surface area contributed by atoms with Gasteiger partial charge in [-0.3, -0.25) is 4.79 Å². The lowest BCUT2D eigenvalue weighted by molar-refractivity contribution is -0.412. The molecule has 13 heavy (non-hydrogen) atoms. The van der Waals surface area contributed by atoms with E-state index >= 15 is 0 Å². The van der Waals surface area contributed by atoms with Crippen LogP contribution in [0.1, 0.15) is 19.8 Å². The fourth-order valence-corrected chi connectivity index (χ4v) is 0.742. The second-order valence-corrected chi connectivity index (χ2v) is 3.01. The Morgan fingerprint density at radius 2 is 2.15 bits per heavy atom. The molecule has 0 atom stereocenters. The normalized spacial score (nSPS) is 12.0. The molecule has 0 radical (unpaired) electrons. The first-order chi connectivity index (χ1) is 6.02. The molecule has 72 valence electrons. The van der Waals surface area contributed by atoms with E-state index in [1.807, 2.05) is 32.3 Å². The molecule has 0 saturated carbocycles.